The summed E-state index contributed by atoms with van der Waals surface area (Å²) in [5, 5.41) is 14.1. The highest BCUT2D eigenvalue weighted by atomic mass is 14.9. The SMILES string of the molecule is CNC(c1c[nH]c2ccccc12)C1(C#N)CCC1. The van der Waals surface area contributed by atoms with Crippen molar-refractivity contribution < 1.29 is 0 Å². The maximum absolute atomic E-state index is 9.51. The Kier molecular flexibility index (Phi) is 2.61. The molecule has 1 unspecified atom stereocenters. The van der Waals surface area contributed by atoms with Gasteiger partial charge in [0, 0.05) is 17.1 Å². The minimum Gasteiger partial charge on any atom is -0.361 e. The van der Waals surface area contributed by atoms with E-state index in [1.165, 1.54) is 10.9 Å². The lowest BCUT2D eigenvalue weighted by Crippen LogP contribution is -2.40. The molecule has 92 valence electrons. The Labute approximate surface area is 107 Å². The second-order valence-corrected chi connectivity index (χ2v) is 5.13. The summed E-state index contributed by atoms with van der Waals surface area (Å²) >= 11 is 0. The van der Waals surface area contributed by atoms with E-state index in [9.17, 15) is 5.26 Å². The van der Waals surface area contributed by atoms with Crippen LogP contribution in [-0.4, -0.2) is 12.0 Å². The van der Waals surface area contributed by atoms with Crippen LogP contribution in [0.2, 0.25) is 0 Å². The van der Waals surface area contributed by atoms with Crippen LogP contribution in [0.25, 0.3) is 10.9 Å². The van der Waals surface area contributed by atoms with Crippen molar-refractivity contribution >= 4 is 10.9 Å². The number of fused-ring (bicyclic) bond motifs is 1. The second-order valence-electron chi connectivity index (χ2n) is 5.13. The number of rotatable bonds is 3. The van der Waals surface area contributed by atoms with Crippen LogP contribution in [0.15, 0.2) is 30.5 Å². The first-order valence-electron chi connectivity index (χ1n) is 6.45. The molecule has 3 rings (SSSR count). The normalized spacial score (nSPS) is 19.1. The van der Waals surface area contributed by atoms with Gasteiger partial charge in [-0.3, -0.25) is 0 Å². The predicted molar refractivity (Wildman–Crippen MR) is 72.0 cm³/mol. The van der Waals surface area contributed by atoms with Gasteiger partial charge < -0.3 is 10.3 Å². The molecule has 2 aromatic rings. The van der Waals surface area contributed by atoms with Gasteiger partial charge in [0.15, 0.2) is 0 Å². The molecule has 0 spiro atoms. The van der Waals surface area contributed by atoms with Crippen LogP contribution in [0.5, 0.6) is 0 Å². The largest absolute Gasteiger partial charge is 0.361 e. The molecule has 1 saturated carbocycles. The summed E-state index contributed by atoms with van der Waals surface area (Å²) in [6, 6.07) is 10.9. The first-order valence-corrected chi connectivity index (χ1v) is 6.45. The van der Waals surface area contributed by atoms with Crippen LogP contribution in [0.3, 0.4) is 0 Å². The molecule has 1 heterocycles. The Hall–Kier alpha value is -1.79. The average molecular weight is 239 g/mol. The second kappa shape index (κ2) is 4.15. The van der Waals surface area contributed by atoms with Crippen LogP contribution in [0.4, 0.5) is 0 Å². The van der Waals surface area contributed by atoms with E-state index in [1.807, 2.05) is 25.4 Å². The number of hydrogen-bond acceptors (Lipinski definition) is 2. The molecule has 1 fully saturated rings. The van der Waals surface area contributed by atoms with Crippen molar-refractivity contribution in [3.05, 3.63) is 36.0 Å². The number of benzene rings is 1. The van der Waals surface area contributed by atoms with E-state index in [2.05, 4.69) is 28.5 Å². The lowest BCUT2D eigenvalue weighted by atomic mass is 9.63. The quantitative estimate of drug-likeness (QED) is 0.864. The van der Waals surface area contributed by atoms with Gasteiger partial charge in [-0.15, -0.1) is 0 Å². The number of nitriles is 1. The first kappa shape index (κ1) is 11.3. The standard InChI is InChI=1S/C15H17N3/c1-17-14(15(10-16)7-4-8-15)12-9-18-13-6-3-2-5-11(12)13/h2-3,5-6,9,14,17-18H,4,7-8H2,1H3. The summed E-state index contributed by atoms with van der Waals surface area (Å²) in [5.74, 6) is 0. The van der Waals surface area contributed by atoms with Crippen molar-refractivity contribution in [2.75, 3.05) is 7.05 Å². The van der Waals surface area contributed by atoms with Crippen molar-refractivity contribution in [1.82, 2.24) is 10.3 Å². The summed E-state index contributed by atoms with van der Waals surface area (Å²) in [6.45, 7) is 0. The van der Waals surface area contributed by atoms with Crippen molar-refractivity contribution in [3.63, 3.8) is 0 Å². The van der Waals surface area contributed by atoms with Crippen LogP contribution in [0, 0.1) is 16.7 Å². The van der Waals surface area contributed by atoms with Crippen LogP contribution >= 0.6 is 0 Å². The highest BCUT2D eigenvalue weighted by Gasteiger charge is 2.45. The highest BCUT2D eigenvalue weighted by molar-refractivity contribution is 5.83. The zero-order valence-electron chi connectivity index (χ0n) is 10.5. The van der Waals surface area contributed by atoms with Gasteiger partial charge in [0.05, 0.1) is 17.5 Å². The lowest BCUT2D eigenvalue weighted by molar-refractivity contribution is 0.150. The smallest absolute Gasteiger partial charge is 0.0769 e. The Balaban J connectivity index is 2.09. The molecule has 3 heteroatoms. The third-order valence-corrected chi connectivity index (χ3v) is 4.24. The van der Waals surface area contributed by atoms with Crippen molar-refractivity contribution in [2.45, 2.75) is 25.3 Å². The highest BCUT2D eigenvalue weighted by Crippen LogP contribution is 2.50. The van der Waals surface area contributed by atoms with E-state index in [-0.39, 0.29) is 11.5 Å². The van der Waals surface area contributed by atoms with E-state index in [4.69, 9.17) is 0 Å². The molecule has 1 aromatic heterocycles. The summed E-state index contributed by atoms with van der Waals surface area (Å²) in [7, 11) is 1.95. The topological polar surface area (TPSA) is 51.6 Å². The zero-order chi connectivity index (χ0) is 12.6. The van der Waals surface area contributed by atoms with Crippen molar-refractivity contribution in [2.24, 2.45) is 5.41 Å². The minimum atomic E-state index is -0.223. The molecule has 0 aliphatic heterocycles. The van der Waals surface area contributed by atoms with E-state index < -0.39 is 0 Å². The van der Waals surface area contributed by atoms with Gasteiger partial charge in [-0.1, -0.05) is 24.6 Å². The molecule has 1 atom stereocenters. The predicted octanol–water partition coefficient (Wildman–Crippen LogP) is 3.12. The Bertz CT molecular complexity index is 601. The summed E-state index contributed by atoms with van der Waals surface area (Å²) < 4.78 is 0. The fraction of sp³-hybridized carbons (Fsp3) is 0.400. The molecular formula is C15H17N3. The van der Waals surface area contributed by atoms with Crippen LogP contribution < -0.4 is 5.32 Å². The zero-order valence-corrected chi connectivity index (χ0v) is 10.5. The maximum Gasteiger partial charge on any atom is 0.0769 e. The fourth-order valence-electron chi connectivity index (χ4n) is 3.08. The first-order chi connectivity index (χ1) is 8.80. The van der Waals surface area contributed by atoms with Gasteiger partial charge in [-0.05, 0) is 31.5 Å². The molecule has 0 saturated heterocycles. The van der Waals surface area contributed by atoms with Gasteiger partial charge in [-0.25, -0.2) is 0 Å². The van der Waals surface area contributed by atoms with E-state index in [1.54, 1.807) is 0 Å². The molecule has 0 amide bonds. The summed E-state index contributed by atoms with van der Waals surface area (Å²) in [6.07, 6.45) is 5.19. The molecule has 18 heavy (non-hydrogen) atoms. The number of para-hydroxylation sites is 1. The lowest BCUT2D eigenvalue weighted by Gasteiger charge is -2.42. The number of nitrogens with zero attached hydrogens (tertiary/aromatic N) is 1. The Morgan fingerprint density at radius 2 is 2.17 bits per heavy atom. The van der Waals surface area contributed by atoms with Crippen LogP contribution in [0.1, 0.15) is 30.9 Å². The molecule has 1 aliphatic carbocycles. The van der Waals surface area contributed by atoms with Crippen LogP contribution in [-0.2, 0) is 0 Å². The number of aromatic amines is 1. The van der Waals surface area contributed by atoms with Crippen molar-refractivity contribution in [1.29, 1.82) is 5.26 Å². The molecule has 0 bridgehead atoms. The molecule has 0 radical (unpaired) electrons. The Morgan fingerprint density at radius 1 is 1.39 bits per heavy atom. The van der Waals surface area contributed by atoms with E-state index >= 15 is 0 Å². The molecule has 1 aliphatic rings. The van der Waals surface area contributed by atoms with Gasteiger partial charge in [0.2, 0.25) is 0 Å². The third-order valence-electron chi connectivity index (χ3n) is 4.24. The summed E-state index contributed by atoms with van der Waals surface area (Å²) in [5.41, 5.74) is 2.13. The van der Waals surface area contributed by atoms with Crippen molar-refractivity contribution in [3.8, 4) is 6.07 Å². The summed E-state index contributed by atoms with van der Waals surface area (Å²) in [4.78, 5) is 3.30. The molecule has 2 N–H and O–H groups in total. The number of aromatic nitrogens is 1. The van der Waals surface area contributed by atoms with Gasteiger partial charge in [-0.2, -0.15) is 5.26 Å². The fourth-order valence-corrected chi connectivity index (χ4v) is 3.08. The number of nitrogens with one attached hydrogen (secondary N) is 2. The minimum absolute atomic E-state index is 0.118. The molecule has 1 aromatic carbocycles. The third kappa shape index (κ3) is 1.46. The average Bonchev–Trinajstić information content (AvgIpc) is 2.77. The maximum atomic E-state index is 9.51. The molecular weight excluding hydrogens is 222 g/mol. The monoisotopic (exact) mass is 239 g/mol. The van der Waals surface area contributed by atoms with Gasteiger partial charge in [0.25, 0.3) is 0 Å². The number of hydrogen-bond donors (Lipinski definition) is 2. The van der Waals surface area contributed by atoms with E-state index in [0.717, 1.165) is 24.8 Å². The number of H-pyrrole nitrogens is 1. The molecule has 3 nitrogen and oxygen atoms in total. The van der Waals surface area contributed by atoms with Gasteiger partial charge >= 0.3 is 0 Å². The van der Waals surface area contributed by atoms with Gasteiger partial charge in [0.1, 0.15) is 0 Å². The Morgan fingerprint density at radius 3 is 2.78 bits per heavy atom. The van der Waals surface area contributed by atoms with E-state index in [0.29, 0.717) is 0 Å².